The molecular weight excluding hydrogens is 270 g/mol. The molecule has 6 nitrogen and oxygen atoms in total. The van der Waals surface area contributed by atoms with Gasteiger partial charge in [0.05, 0.1) is 11.6 Å². The van der Waals surface area contributed by atoms with Gasteiger partial charge in [-0.3, -0.25) is 14.7 Å². The number of rotatable bonds is 3. The molecule has 2 aromatic rings. The van der Waals surface area contributed by atoms with Crippen LogP contribution in [0.2, 0.25) is 0 Å². The summed E-state index contributed by atoms with van der Waals surface area (Å²) in [7, 11) is 0. The summed E-state index contributed by atoms with van der Waals surface area (Å²) in [5.41, 5.74) is 3.18. The fourth-order valence-corrected chi connectivity index (χ4v) is 2.27. The molecule has 0 bridgehead atoms. The van der Waals surface area contributed by atoms with E-state index in [-0.39, 0.29) is 19.0 Å². The fraction of sp³-hybridized carbons (Fsp3) is 0.267. The van der Waals surface area contributed by atoms with Crippen LogP contribution < -0.4 is 0 Å². The molecule has 108 valence electrons. The van der Waals surface area contributed by atoms with Gasteiger partial charge >= 0.3 is 5.97 Å². The van der Waals surface area contributed by atoms with Gasteiger partial charge < -0.3 is 10.0 Å². The molecule has 0 unspecified atom stereocenters. The van der Waals surface area contributed by atoms with Crippen molar-refractivity contribution in [2.75, 3.05) is 13.1 Å². The van der Waals surface area contributed by atoms with E-state index in [2.05, 4.69) is 10.2 Å². The summed E-state index contributed by atoms with van der Waals surface area (Å²) in [6.45, 7) is 2.52. The zero-order valence-electron chi connectivity index (χ0n) is 11.5. The van der Waals surface area contributed by atoms with Gasteiger partial charge in [-0.1, -0.05) is 29.8 Å². The minimum atomic E-state index is -0.857. The lowest BCUT2D eigenvalue weighted by molar-refractivity contribution is -0.146. The smallest absolute Gasteiger partial charge is 0.310 e. The fourth-order valence-electron chi connectivity index (χ4n) is 2.27. The highest BCUT2D eigenvalue weighted by atomic mass is 16.4. The molecule has 0 aliphatic carbocycles. The third-order valence-electron chi connectivity index (χ3n) is 3.67. The first kappa shape index (κ1) is 13.4. The highest BCUT2D eigenvalue weighted by molar-refractivity contribution is 5.94. The maximum absolute atomic E-state index is 12.2. The number of H-pyrrole nitrogens is 1. The Bertz CT molecular complexity index is 684. The topological polar surface area (TPSA) is 86.3 Å². The lowest BCUT2D eigenvalue weighted by Gasteiger charge is -2.36. The van der Waals surface area contributed by atoms with E-state index in [1.54, 1.807) is 6.07 Å². The summed E-state index contributed by atoms with van der Waals surface area (Å²) >= 11 is 0. The number of hydrogen-bond acceptors (Lipinski definition) is 3. The number of benzene rings is 1. The lowest BCUT2D eigenvalue weighted by atomic mass is 10.00. The normalized spacial score (nSPS) is 14.8. The summed E-state index contributed by atoms with van der Waals surface area (Å²) in [4.78, 5) is 24.4. The number of aromatic amines is 1. The molecule has 1 fully saturated rings. The van der Waals surface area contributed by atoms with Crippen LogP contribution in [0.15, 0.2) is 30.3 Å². The third kappa shape index (κ3) is 2.52. The van der Waals surface area contributed by atoms with Crippen molar-refractivity contribution in [2.24, 2.45) is 5.92 Å². The second kappa shape index (κ2) is 5.05. The van der Waals surface area contributed by atoms with Gasteiger partial charge in [-0.2, -0.15) is 5.10 Å². The third-order valence-corrected chi connectivity index (χ3v) is 3.67. The van der Waals surface area contributed by atoms with E-state index in [1.807, 2.05) is 31.2 Å². The highest BCUT2D eigenvalue weighted by Gasteiger charge is 2.36. The monoisotopic (exact) mass is 285 g/mol. The molecule has 1 saturated heterocycles. The Morgan fingerprint density at radius 2 is 1.95 bits per heavy atom. The number of likely N-dealkylation sites (tertiary alicyclic amines) is 1. The van der Waals surface area contributed by atoms with Crippen molar-refractivity contribution < 1.29 is 14.7 Å². The van der Waals surface area contributed by atoms with Gasteiger partial charge in [-0.05, 0) is 13.0 Å². The predicted molar refractivity (Wildman–Crippen MR) is 75.8 cm³/mol. The lowest BCUT2D eigenvalue weighted by Crippen LogP contribution is -2.53. The SMILES string of the molecule is Cc1ccc(-c2cc(C(=O)N3CC(C(=O)O)C3)[nH]n2)cc1. The highest BCUT2D eigenvalue weighted by Crippen LogP contribution is 2.22. The van der Waals surface area contributed by atoms with Gasteiger partial charge in [-0.25, -0.2) is 0 Å². The molecule has 0 radical (unpaired) electrons. The summed E-state index contributed by atoms with van der Waals surface area (Å²) in [5.74, 6) is -1.52. The molecule has 1 aromatic heterocycles. The summed E-state index contributed by atoms with van der Waals surface area (Å²) in [6, 6.07) is 9.56. The summed E-state index contributed by atoms with van der Waals surface area (Å²) in [6.07, 6.45) is 0. The molecule has 1 amide bonds. The predicted octanol–water partition coefficient (Wildman–Crippen LogP) is 1.54. The van der Waals surface area contributed by atoms with Crippen molar-refractivity contribution in [3.05, 3.63) is 41.6 Å². The van der Waals surface area contributed by atoms with Crippen molar-refractivity contribution in [2.45, 2.75) is 6.92 Å². The van der Waals surface area contributed by atoms with E-state index in [0.29, 0.717) is 11.4 Å². The largest absolute Gasteiger partial charge is 0.481 e. The molecule has 21 heavy (non-hydrogen) atoms. The number of aromatic nitrogens is 2. The molecule has 2 N–H and O–H groups in total. The number of nitrogens with zero attached hydrogens (tertiary/aromatic N) is 2. The molecule has 0 atom stereocenters. The standard InChI is InChI=1S/C15H15N3O3/c1-9-2-4-10(5-3-9)12-6-13(17-16-12)14(19)18-7-11(8-18)15(20)21/h2-6,11H,7-8H2,1H3,(H,16,17)(H,20,21). The van der Waals surface area contributed by atoms with Crippen LogP contribution in [-0.2, 0) is 4.79 Å². The number of carbonyl (C=O) groups is 2. The number of carboxylic acids is 1. The van der Waals surface area contributed by atoms with Crippen molar-refractivity contribution in [1.82, 2.24) is 15.1 Å². The van der Waals surface area contributed by atoms with E-state index >= 15 is 0 Å². The Kier molecular flexibility index (Phi) is 3.21. The molecule has 3 rings (SSSR count). The Labute approximate surface area is 121 Å². The molecule has 2 heterocycles. The van der Waals surface area contributed by atoms with Crippen LogP contribution in [-0.4, -0.2) is 45.2 Å². The quantitative estimate of drug-likeness (QED) is 0.895. The number of aryl methyl sites for hydroxylation is 1. The van der Waals surface area contributed by atoms with Gasteiger partial charge in [0.2, 0.25) is 0 Å². The van der Waals surface area contributed by atoms with Crippen molar-refractivity contribution in [1.29, 1.82) is 0 Å². The van der Waals surface area contributed by atoms with Crippen LogP contribution >= 0.6 is 0 Å². The number of amides is 1. The average molecular weight is 285 g/mol. The number of nitrogens with one attached hydrogen (secondary N) is 1. The first-order valence-electron chi connectivity index (χ1n) is 6.69. The van der Waals surface area contributed by atoms with Crippen molar-refractivity contribution >= 4 is 11.9 Å². The van der Waals surface area contributed by atoms with Gasteiger partial charge in [0, 0.05) is 18.7 Å². The minimum Gasteiger partial charge on any atom is -0.481 e. The first-order chi connectivity index (χ1) is 10.0. The second-order valence-corrected chi connectivity index (χ2v) is 5.28. The average Bonchev–Trinajstić information content (AvgIpc) is 2.86. The maximum Gasteiger partial charge on any atom is 0.310 e. The Balaban J connectivity index is 1.72. The number of hydrogen-bond donors (Lipinski definition) is 2. The van der Waals surface area contributed by atoms with E-state index < -0.39 is 11.9 Å². The van der Waals surface area contributed by atoms with Gasteiger partial charge in [0.15, 0.2) is 0 Å². The van der Waals surface area contributed by atoms with Gasteiger partial charge in [0.1, 0.15) is 5.69 Å². The van der Waals surface area contributed by atoms with E-state index in [0.717, 1.165) is 11.1 Å². The van der Waals surface area contributed by atoms with Crippen molar-refractivity contribution in [3.8, 4) is 11.3 Å². The molecular formula is C15H15N3O3. The molecule has 1 aliphatic rings. The van der Waals surface area contributed by atoms with Gasteiger partial charge in [-0.15, -0.1) is 0 Å². The van der Waals surface area contributed by atoms with Crippen LogP contribution in [0.5, 0.6) is 0 Å². The van der Waals surface area contributed by atoms with Crippen LogP contribution in [0.4, 0.5) is 0 Å². The van der Waals surface area contributed by atoms with Crippen LogP contribution in [0.3, 0.4) is 0 Å². The summed E-state index contributed by atoms with van der Waals surface area (Å²) < 4.78 is 0. The Morgan fingerprint density at radius 1 is 1.29 bits per heavy atom. The summed E-state index contributed by atoms with van der Waals surface area (Å²) in [5, 5.41) is 15.7. The van der Waals surface area contributed by atoms with E-state index in [4.69, 9.17) is 5.11 Å². The number of carbonyl (C=O) groups excluding carboxylic acids is 1. The molecule has 6 heteroatoms. The number of aliphatic carboxylic acids is 1. The molecule has 0 saturated carbocycles. The van der Waals surface area contributed by atoms with Crippen LogP contribution in [0, 0.1) is 12.8 Å². The first-order valence-corrected chi connectivity index (χ1v) is 6.69. The zero-order valence-corrected chi connectivity index (χ0v) is 11.5. The molecule has 0 spiro atoms. The maximum atomic E-state index is 12.2. The Morgan fingerprint density at radius 3 is 2.57 bits per heavy atom. The molecule has 1 aliphatic heterocycles. The minimum absolute atomic E-state index is 0.210. The Hall–Kier alpha value is -2.63. The second-order valence-electron chi connectivity index (χ2n) is 5.28. The molecule has 1 aromatic carbocycles. The van der Waals surface area contributed by atoms with Crippen LogP contribution in [0.25, 0.3) is 11.3 Å². The van der Waals surface area contributed by atoms with Crippen molar-refractivity contribution in [3.63, 3.8) is 0 Å². The zero-order chi connectivity index (χ0) is 15.0. The van der Waals surface area contributed by atoms with E-state index in [1.165, 1.54) is 4.90 Å². The van der Waals surface area contributed by atoms with Gasteiger partial charge in [0.25, 0.3) is 5.91 Å². The van der Waals surface area contributed by atoms with Crippen LogP contribution in [0.1, 0.15) is 16.1 Å². The number of carboxylic acid groups (broad SMARTS) is 1. The van der Waals surface area contributed by atoms with E-state index in [9.17, 15) is 9.59 Å².